The van der Waals surface area contributed by atoms with E-state index in [1.807, 2.05) is 13.0 Å². The van der Waals surface area contributed by atoms with Gasteiger partial charge in [-0.05, 0) is 19.1 Å². The summed E-state index contributed by atoms with van der Waals surface area (Å²) in [6, 6.07) is 5.42. The van der Waals surface area contributed by atoms with Crippen LogP contribution in [0.25, 0.3) is 0 Å². The molecule has 1 heterocycles. The predicted octanol–water partition coefficient (Wildman–Crippen LogP) is 2.22. The third-order valence-corrected chi connectivity index (χ3v) is 2.77. The highest BCUT2D eigenvalue weighted by atomic mass is 16.5. The fourth-order valence-corrected chi connectivity index (χ4v) is 1.78. The molecule has 0 amide bonds. The molecule has 0 unspecified atom stereocenters. The zero-order chi connectivity index (χ0) is 15.2. The molecule has 0 radical (unpaired) electrons. The lowest BCUT2D eigenvalue weighted by molar-refractivity contribution is 0.328. The molecule has 112 valence electrons. The van der Waals surface area contributed by atoms with E-state index >= 15 is 0 Å². The van der Waals surface area contributed by atoms with Gasteiger partial charge in [-0.15, -0.1) is 0 Å². The van der Waals surface area contributed by atoms with Gasteiger partial charge in [-0.1, -0.05) is 0 Å². The van der Waals surface area contributed by atoms with E-state index in [2.05, 4.69) is 15.3 Å². The Balaban J connectivity index is 2.28. The molecule has 0 fully saturated rings. The van der Waals surface area contributed by atoms with Crippen molar-refractivity contribution in [2.75, 3.05) is 31.9 Å². The number of nitrogens with one attached hydrogen (secondary N) is 1. The number of ether oxygens (including phenoxy) is 3. The minimum Gasteiger partial charge on any atom is -0.493 e. The van der Waals surface area contributed by atoms with E-state index in [0.29, 0.717) is 35.5 Å². The van der Waals surface area contributed by atoms with Gasteiger partial charge in [0.2, 0.25) is 5.88 Å². The molecule has 0 aliphatic heterocycles. The second-order valence-corrected chi connectivity index (χ2v) is 4.07. The largest absolute Gasteiger partial charge is 0.493 e. The molecule has 0 atom stereocenters. The lowest BCUT2D eigenvalue weighted by Gasteiger charge is -2.13. The summed E-state index contributed by atoms with van der Waals surface area (Å²) in [5.74, 6) is 2.09. The van der Waals surface area contributed by atoms with Gasteiger partial charge in [-0.25, -0.2) is 4.98 Å². The van der Waals surface area contributed by atoms with Gasteiger partial charge in [0.1, 0.15) is 12.0 Å². The molecular formula is C14H18N4O3. The smallest absolute Gasteiger partial charge is 0.242 e. The number of hydrogen-bond donors (Lipinski definition) is 2. The molecule has 3 N–H and O–H groups in total. The third kappa shape index (κ3) is 3.25. The van der Waals surface area contributed by atoms with E-state index in [4.69, 9.17) is 19.9 Å². The van der Waals surface area contributed by atoms with E-state index in [1.54, 1.807) is 26.4 Å². The van der Waals surface area contributed by atoms with Crippen LogP contribution in [0, 0.1) is 0 Å². The highest BCUT2D eigenvalue weighted by Crippen LogP contribution is 2.33. The van der Waals surface area contributed by atoms with Gasteiger partial charge in [0.05, 0.1) is 20.8 Å². The Labute approximate surface area is 123 Å². The topological polar surface area (TPSA) is 91.5 Å². The van der Waals surface area contributed by atoms with Crippen LogP contribution in [0.15, 0.2) is 24.5 Å². The van der Waals surface area contributed by atoms with Crippen molar-refractivity contribution >= 4 is 17.2 Å². The number of methoxy groups -OCH3 is 2. The maximum absolute atomic E-state index is 5.98. The summed E-state index contributed by atoms with van der Waals surface area (Å²) in [5, 5.41) is 3.11. The Morgan fingerprint density at radius 3 is 2.57 bits per heavy atom. The summed E-state index contributed by atoms with van der Waals surface area (Å²) in [5.41, 5.74) is 7.10. The number of nitrogen functional groups attached to an aromatic ring is 1. The summed E-state index contributed by atoms with van der Waals surface area (Å²) in [6.07, 6.45) is 1.39. The maximum atomic E-state index is 5.98. The molecule has 21 heavy (non-hydrogen) atoms. The lowest BCUT2D eigenvalue weighted by Crippen LogP contribution is -2.05. The van der Waals surface area contributed by atoms with Crippen molar-refractivity contribution in [1.29, 1.82) is 0 Å². The predicted molar refractivity (Wildman–Crippen MR) is 80.4 cm³/mol. The average Bonchev–Trinajstić information content (AvgIpc) is 2.51. The molecule has 0 saturated carbocycles. The number of nitrogens with zero attached hydrogens (tertiary/aromatic N) is 2. The Morgan fingerprint density at radius 2 is 1.90 bits per heavy atom. The van der Waals surface area contributed by atoms with Crippen molar-refractivity contribution in [1.82, 2.24) is 9.97 Å². The zero-order valence-electron chi connectivity index (χ0n) is 12.2. The van der Waals surface area contributed by atoms with E-state index < -0.39 is 0 Å². The van der Waals surface area contributed by atoms with Gasteiger partial charge in [0, 0.05) is 11.8 Å². The molecule has 0 saturated heterocycles. The highest BCUT2D eigenvalue weighted by Gasteiger charge is 2.10. The van der Waals surface area contributed by atoms with Crippen molar-refractivity contribution in [3.63, 3.8) is 0 Å². The quantitative estimate of drug-likeness (QED) is 0.842. The molecule has 1 aromatic carbocycles. The van der Waals surface area contributed by atoms with Crippen molar-refractivity contribution in [2.45, 2.75) is 6.92 Å². The fourth-order valence-electron chi connectivity index (χ4n) is 1.78. The van der Waals surface area contributed by atoms with E-state index in [1.165, 1.54) is 6.33 Å². The molecule has 0 spiro atoms. The minimum absolute atomic E-state index is 0.356. The maximum Gasteiger partial charge on any atom is 0.242 e. The van der Waals surface area contributed by atoms with Crippen molar-refractivity contribution in [2.24, 2.45) is 0 Å². The monoisotopic (exact) mass is 290 g/mol. The van der Waals surface area contributed by atoms with Crippen LogP contribution in [0.3, 0.4) is 0 Å². The highest BCUT2D eigenvalue weighted by molar-refractivity contribution is 5.73. The van der Waals surface area contributed by atoms with Crippen molar-refractivity contribution in [3.05, 3.63) is 24.5 Å². The van der Waals surface area contributed by atoms with E-state index in [-0.39, 0.29) is 0 Å². The molecule has 7 nitrogen and oxygen atoms in total. The second kappa shape index (κ2) is 6.65. The number of hydrogen-bond acceptors (Lipinski definition) is 7. The average molecular weight is 290 g/mol. The molecule has 1 aromatic heterocycles. The SMILES string of the molecule is CCOc1ncnc(Nc2ccc(OC)c(OC)c2)c1N. The number of benzene rings is 1. The molecule has 7 heteroatoms. The summed E-state index contributed by atoms with van der Waals surface area (Å²) < 4.78 is 15.8. The van der Waals surface area contributed by atoms with Crippen LogP contribution in [-0.2, 0) is 0 Å². The van der Waals surface area contributed by atoms with E-state index in [9.17, 15) is 0 Å². The van der Waals surface area contributed by atoms with Gasteiger partial charge in [0.25, 0.3) is 0 Å². The Bertz CT molecular complexity index is 619. The van der Waals surface area contributed by atoms with Crippen LogP contribution in [0.4, 0.5) is 17.2 Å². The second-order valence-electron chi connectivity index (χ2n) is 4.07. The molecule has 2 rings (SSSR count). The number of nitrogens with two attached hydrogens (primary N) is 1. The standard InChI is InChI=1S/C14H18N4O3/c1-4-21-14-12(15)13(16-8-17-14)18-9-5-6-10(19-2)11(7-9)20-3/h5-8H,4,15H2,1-3H3,(H,16,17,18). The van der Waals surface area contributed by atoms with Crippen LogP contribution >= 0.6 is 0 Å². The van der Waals surface area contributed by atoms with Gasteiger partial charge in [-0.3, -0.25) is 0 Å². The molecule has 2 aromatic rings. The zero-order valence-corrected chi connectivity index (χ0v) is 12.2. The third-order valence-electron chi connectivity index (χ3n) is 2.77. The summed E-state index contributed by atoms with van der Waals surface area (Å²) in [6.45, 7) is 2.35. The molecule has 0 bridgehead atoms. The molecular weight excluding hydrogens is 272 g/mol. The Hall–Kier alpha value is -2.70. The first-order valence-electron chi connectivity index (χ1n) is 6.41. The summed E-state index contributed by atoms with van der Waals surface area (Å²) >= 11 is 0. The lowest BCUT2D eigenvalue weighted by atomic mass is 10.2. The van der Waals surface area contributed by atoms with Gasteiger partial charge in [-0.2, -0.15) is 4.98 Å². The Kier molecular flexibility index (Phi) is 4.65. The van der Waals surface area contributed by atoms with Crippen LogP contribution in [0.1, 0.15) is 6.92 Å². The molecule has 0 aliphatic carbocycles. The summed E-state index contributed by atoms with van der Waals surface area (Å²) in [7, 11) is 3.16. The number of aromatic nitrogens is 2. The number of rotatable bonds is 6. The van der Waals surface area contributed by atoms with Gasteiger partial charge < -0.3 is 25.3 Å². The number of anilines is 3. The normalized spacial score (nSPS) is 10.0. The van der Waals surface area contributed by atoms with Crippen LogP contribution in [-0.4, -0.2) is 30.8 Å². The van der Waals surface area contributed by atoms with Crippen LogP contribution in [0.5, 0.6) is 17.4 Å². The van der Waals surface area contributed by atoms with Gasteiger partial charge >= 0.3 is 0 Å². The first kappa shape index (κ1) is 14.7. The first-order chi connectivity index (χ1) is 10.2. The Morgan fingerprint density at radius 1 is 1.14 bits per heavy atom. The van der Waals surface area contributed by atoms with Crippen LogP contribution < -0.4 is 25.3 Å². The molecule has 0 aliphatic rings. The van der Waals surface area contributed by atoms with Crippen molar-refractivity contribution in [3.8, 4) is 17.4 Å². The fraction of sp³-hybridized carbons (Fsp3) is 0.286. The first-order valence-corrected chi connectivity index (χ1v) is 6.41. The summed E-state index contributed by atoms with van der Waals surface area (Å²) in [4.78, 5) is 8.10. The van der Waals surface area contributed by atoms with E-state index in [0.717, 1.165) is 5.69 Å². The van der Waals surface area contributed by atoms with Crippen LogP contribution in [0.2, 0.25) is 0 Å². The van der Waals surface area contributed by atoms with Crippen molar-refractivity contribution < 1.29 is 14.2 Å². The minimum atomic E-state index is 0.356. The van der Waals surface area contributed by atoms with Gasteiger partial charge in [0.15, 0.2) is 17.3 Å².